The quantitative estimate of drug-likeness (QED) is 0.436. The lowest BCUT2D eigenvalue weighted by atomic mass is 9.89. The highest BCUT2D eigenvalue weighted by Crippen LogP contribution is 2.37. The average molecular weight is 426 g/mol. The fourth-order valence-corrected chi connectivity index (χ4v) is 4.97. The normalized spacial score (nSPS) is 16.1. The molecule has 1 aliphatic carbocycles. The van der Waals surface area contributed by atoms with Crippen LogP contribution in [-0.2, 0) is 6.42 Å². The van der Waals surface area contributed by atoms with Gasteiger partial charge < -0.3 is 14.8 Å². The summed E-state index contributed by atoms with van der Waals surface area (Å²) < 4.78 is 10.8. The molecule has 1 N–H and O–H groups in total. The first kappa shape index (κ1) is 19.0. The second-order valence-electron chi connectivity index (χ2n) is 7.69. The van der Waals surface area contributed by atoms with E-state index in [1.165, 1.54) is 19.3 Å². The van der Waals surface area contributed by atoms with Crippen LogP contribution in [0.4, 0.5) is 10.8 Å². The van der Waals surface area contributed by atoms with E-state index in [4.69, 9.17) is 19.4 Å². The summed E-state index contributed by atoms with van der Waals surface area (Å²) in [6, 6.07) is 7.51. The van der Waals surface area contributed by atoms with Gasteiger partial charge in [-0.15, -0.1) is 0 Å². The van der Waals surface area contributed by atoms with E-state index in [1.807, 2.05) is 18.2 Å². The zero-order valence-electron chi connectivity index (χ0n) is 16.4. The van der Waals surface area contributed by atoms with Gasteiger partial charge in [-0.25, -0.2) is 9.97 Å². The van der Waals surface area contributed by atoms with Crippen LogP contribution in [0.3, 0.4) is 0 Å². The van der Waals surface area contributed by atoms with Crippen molar-refractivity contribution in [2.45, 2.75) is 44.4 Å². The van der Waals surface area contributed by atoms with Crippen molar-refractivity contribution in [1.29, 1.82) is 0 Å². The highest BCUT2D eigenvalue weighted by atomic mass is 32.1. The van der Waals surface area contributed by atoms with E-state index in [-0.39, 0.29) is 16.7 Å². The Labute approximate surface area is 177 Å². The molecule has 1 saturated carbocycles. The Hall–Kier alpha value is -2.94. The van der Waals surface area contributed by atoms with Gasteiger partial charge in [0.25, 0.3) is 0 Å². The summed E-state index contributed by atoms with van der Waals surface area (Å²) in [6.45, 7) is 0.913. The molecule has 0 amide bonds. The predicted octanol–water partition coefficient (Wildman–Crippen LogP) is 5.03. The van der Waals surface area contributed by atoms with Gasteiger partial charge in [-0.05, 0) is 48.3 Å². The molecule has 0 unspecified atom stereocenters. The molecule has 0 spiro atoms. The molecule has 1 aliphatic heterocycles. The monoisotopic (exact) mass is 426 g/mol. The highest BCUT2D eigenvalue weighted by Gasteiger charge is 2.23. The first-order valence-electron chi connectivity index (χ1n) is 10.3. The van der Waals surface area contributed by atoms with Gasteiger partial charge in [0.15, 0.2) is 11.5 Å². The molecule has 1 fully saturated rings. The van der Waals surface area contributed by atoms with Crippen molar-refractivity contribution in [2.75, 3.05) is 18.7 Å². The highest BCUT2D eigenvalue weighted by molar-refractivity contribution is 7.21. The molecule has 8 nitrogen and oxygen atoms in total. The maximum atomic E-state index is 11.3. The minimum atomic E-state index is -0.358. The van der Waals surface area contributed by atoms with Crippen LogP contribution in [0, 0.1) is 10.1 Å². The summed E-state index contributed by atoms with van der Waals surface area (Å²) in [6.07, 6.45) is 6.55. The van der Waals surface area contributed by atoms with Crippen molar-refractivity contribution < 1.29 is 14.4 Å². The summed E-state index contributed by atoms with van der Waals surface area (Å²) in [5.41, 5.74) is 1.13. The number of aromatic nitrogens is 2. The van der Waals surface area contributed by atoms with Crippen molar-refractivity contribution in [3.63, 3.8) is 0 Å². The van der Waals surface area contributed by atoms with Crippen molar-refractivity contribution in [2.24, 2.45) is 0 Å². The number of benzene rings is 1. The maximum Gasteiger partial charge on any atom is 0.326 e. The smallest absolute Gasteiger partial charge is 0.326 e. The van der Waals surface area contributed by atoms with Gasteiger partial charge in [0, 0.05) is 18.5 Å². The molecular weight excluding hydrogens is 404 g/mol. The van der Waals surface area contributed by atoms with Gasteiger partial charge in [0.2, 0.25) is 6.79 Å². The van der Waals surface area contributed by atoms with Crippen LogP contribution in [-0.4, -0.2) is 28.2 Å². The number of hydrogen-bond acceptors (Lipinski definition) is 8. The summed E-state index contributed by atoms with van der Waals surface area (Å²) in [5.74, 6) is 3.37. The molecule has 0 radical (unpaired) electrons. The van der Waals surface area contributed by atoms with Crippen molar-refractivity contribution in [3.05, 3.63) is 45.8 Å². The third-order valence-corrected chi connectivity index (χ3v) is 6.67. The van der Waals surface area contributed by atoms with Crippen LogP contribution in [0.1, 0.15) is 49.4 Å². The number of nitrogens with one attached hydrogen (secondary N) is 1. The van der Waals surface area contributed by atoms with E-state index < -0.39 is 0 Å². The zero-order valence-corrected chi connectivity index (χ0v) is 17.2. The number of rotatable bonds is 6. The van der Waals surface area contributed by atoms with Gasteiger partial charge in [0.05, 0.1) is 10.3 Å². The topological polar surface area (TPSA) is 99.4 Å². The average Bonchev–Trinajstić information content (AvgIpc) is 3.41. The molecular formula is C21H22N4O4S. The summed E-state index contributed by atoms with van der Waals surface area (Å²) in [7, 11) is 0. The van der Waals surface area contributed by atoms with Gasteiger partial charge >= 0.3 is 5.00 Å². The van der Waals surface area contributed by atoms with E-state index in [1.54, 1.807) is 6.07 Å². The Balaban J connectivity index is 1.39. The second kappa shape index (κ2) is 8.06. The Kier molecular flexibility index (Phi) is 5.12. The van der Waals surface area contributed by atoms with Gasteiger partial charge in [0.1, 0.15) is 16.5 Å². The molecule has 156 valence electrons. The number of fused-ring (bicyclic) bond motifs is 2. The molecule has 0 atom stereocenters. The minimum Gasteiger partial charge on any atom is -0.454 e. The second-order valence-corrected chi connectivity index (χ2v) is 8.70. The Morgan fingerprint density at radius 1 is 1.13 bits per heavy atom. The third kappa shape index (κ3) is 3.77. The first-order chi connectivity index (χ1) is 14.7. The van der Waals surface area contributed by atoms with Gasteiger partial charge in [-0.1, -0.05) is 25.3 Å². The van der Waals surface area contributed by atoms with E-state index in [0.29, 0.717) is 23.1 Å². The number of nitro groups is 1. The van der Waals surface area contributed by atoms with Crippen LogP contribution >= 0.6 is 11.3 Å². The first-order valence-corrected chi connectivity index (χ1v) is 11.1. The lowest BCUT2D eigenvalue weighted by molar-refractivity contribution is -0.380. The van der Waals surface area contributed by atoms with E-state index in [0.717, 1.165) is 58.9 Å². The summed E-state index contributed by atoms with van der Waals surface area (Å²) in [4.78, 5) is 21.1. The van der Waals surface area contributed by atoms with E-state index >= 15 is 0 Å². The van der Waals surface area contributed by atoms with Gasteiger partial charge in [-0.2, -0.15) is 0 Å². The number of anilines is 1. The third-order valence-electron chi connectivity index (χ3n) is 5.69. The zero-order chi connectivity index (χ0) is 20.5. The lowest BCUT2D eigenvalue weighted by Crippen LogP contribution is -2.12. The van der Waals surface area contributed by atoms with Crippen LogP contribution in [0.25, 0.3) is 10.2 Å². The van der Waals surface area contributed by atoms with E-state index in [9.17, 15) is 10.1 Å². The largest absolute Gasteiger partial charge is 0.454 e. The standard InChI is InChI=1S/C21H22N4O4S/c26-25(27)18-11-15-20(22-9-8-13-6-7-16-17(10-13)29-12-28-16)23-19(24-21(15)30-18)14-4-2-1-3-5-14/h6-7,10-11,14H,1-5,8-9,12H2,(H,22,23,24). The Bertz CT molecular complexity index is 1090. The molecule has 1 aromatic carbocycles. The molecule has 3 aromatic rings. The molecule has 2 aromatic heterocycles. The molecule has 5 rings (SSSR count). The number of ether oxygens (including phenoxy) is 2. The molecule has 2 aliphatic rings. The molecule has 9 heteroatoms. The maximum absolute atomic E-state index is 11.3. The summed E-state index contributed by atoms with van der Waals surface area (Å²) in [5, 5.41) is 15.5. The van der Waals surface area contributed by atoms with Crippen LogP contribution in [0.15, 0.2) is 24.3 Å². The molecule has 3 heterocycles. The molecule has 30 heavy (non-hydrogen) atoms. The van der Waals surface area contributed by atoms with Crippen LogP contribution in [0.2, 0.25) is 0 Å². The van der Waals surface area contributed by atoms with Crippen LogP contribution in [0.5, 0.6) is 11.5 Å². The fraction of sp³-hybridized carbons (Fsp3) is 0.429. The van der Waals surface area contributed by atoms with Gasteiger partial charge in [-0.3, -0.25) is 10.1 Å². The predicted molar refractivity (Wildman–Crippen MR) is 115 cm³/mol. The number of thiophene rings is 1. The lowest BCUT2D eigenvalue weighted by Gasteiger charge is -2.20. The van der Waals surface area contributed by atoms with Crippen molar-refractivity contribution in [1.82, 2.24) is 9.97 Å². The molecule has 0 bridgehead atoms. The van der Waals surface area contributed by atoms with Crippen molar-refractivity contribution in [3.8, 4) is 11.5 Å². The Morgan fingerprint density at radius 3 is 2.80 bits per heavy atom. The number of hydrogen-bond donors (Lipinski definition) is 1. The Morgan fingerprint density at radius 2 is 1.97 bits per heavy atom. The van der Waals surface area contributed by atoms with Crippen molar-refractivity contribution >= 4 is 32.4 Å². The van der Waals surface area contributed by atoms with Crippen LogP contribution < -0.4 is 14.8 Å². The minimum absolute atomic E-state index is 0.0962. The SMILES string of the molecule is O=[N+]([O-])c1cc2c(NCCc3ccc4c(c3)OCO4)nc(C3CCCCC3)nc2s1. The number of nitrogens with zero attached hydrogens (tertiary/aromatic N) is 3. The molecule has 0 saturated heterocycles. The fourth-order valence-electron chi connectivity index (χ4n) is 4.11. The summed E-state index contributed by atoms with van der Waals surface area (Å²) >= 11 is 1.12. The van der Waals surface area contributed by atoms with E-state index in [2.05, 4.69) is 5.32 Å².